The molecule has 0 aromatic rings. The van der Waals surface area contributed by atoms with Gasteiger partial charge in [-0.3, -0.25) is 4.90 Å². The SMILES string of the molecule is C=CC1=CC=CC(N(CC)CC)(C(F)(F)F)C1. The molecule has 0 fully saturated rings. The van der Waals surface area contributed by atoms with Gasteiger partial charge in [0, 0.05) is 6.42 Å². The van der Waals surface area contributed by atoms with Crippen molar-refractivity contribution in [1.82, 2.24) is 4.90 Å². The van der Waals surface area contributed by atoms with Crippen LogP contribution in [-0.2, 0) is 0 Å². The quantitative estimate of drug-likeness (QED) is 0.730. The Bertz CT molecular complexity index is 337. The van der Waals surface area contributed by atoms with Crippen molar-refractivity contribution in [3.8, 4) is 0 Å². The molecule has 17 heavy (non-hydrogen) atoms. The Hall–Kier alpha value is -1.03. The molecular formula is C13H18F3N. The molecule has 0 amide bonds. The normalized spacial score (nSPS) is 24.9. The predicted molar refractivity (Wildman–Crippen MR) is 63.7 cm³/mol. The highest BCUT2D eigenvalue weighted by Gasteiger charge is 2.56. The molecule has 4 heteroatoms. The lowest BCUT2D eigenvalue weighted by atomic mass is 9.84. The van der Waals surface area contributed by atoms with Crippen LogP contribution in [0.2, 0.25) is 0 Å². The molecule has 1 aliphatic rings. The van der Waals surface area contributed by atoms with Gasteiger partial charge in [-0.2, -0.15) is 13.2 Å². The molecule has 0 aliphatic heterocycles. The second-order valence-corrected chi connectivity index (χ2v) is 4.08. The fourth-order valence-electron chi connectivity index (χ4n) is 2.28. The van der Waals surface area contributed by atoms with E-state index in [0.29, 0.717) is 18.7 Å². The van der Waals surface area contributed by atoms with Gasteiger partial charge in [0.05, 0.1) is 0 Å². The summed E-state index contributed by atoms with van der Waals surface area (Å²) in [4.78, 5) is 1.44. The van der Waals surface area contributed by atoms with E-state index in [1.807, 2.05) is 0 Å². The zero-order valence-electron chi connectivity index (χ0n) is 10.2. The van der Waals surface area contributed by atoms with E-state index >= 15 is 0 Å². The van der Waals surface area contributed by atoms with Crippen LogP contribution in [0.15, 0.2) is 36.5 Å². The van der Waals surface area contributed by atoms with Gasteiger partial charge in [0.15, 0.2) is 0 Å². The number of rotatable bonds is 4. The summed E-state index contributed by atoms with van der Waals surface area (Å²) in [5.41, 5.74) is -1.26. The van der Waals surface area contributed by atoms with Crippen LogP contribution in [0.25, 0.3) is 0 Å². The van der Waals surface area contributed by atoms with E-state index in [0.717, 1.165) is 0 Å². The maximum Gasteiger partial charge on any atom is 0.410 e. The van der Waals surface area contributed by atoms with Crippen molar-refractivity contribution < 1.29 is 13.2 Å². The summed E-state index contributed by atoms with van der Waals surface area (Å²) in [7, 11) is 0. The second kappa shape index (κ2) is 5.08. The van der Waals surface area contributed by atoms with Crippen molar-refractivity contribution in [2.24, 2.45) is 0 Å². The molecule has 1 atom stereocenters. The van der Waals surface area contributed by atoms with E-state index in [-0.39, 0.29) is 6.42 Å². The largest absolute Gasteiger partial charge is 0.410 e. The molecule has 0 aromatic heterocycles. The molecule has 1 unspecified atom stereocenters. The van der Waals surface area contributed by atoms with E-state index in [2.05, 4.69) is 6.58 Å². The maximum absolute atomic E-state index is 13.4. The third-order valence-corrected chi connectivity index (χ3v) is 3.24. The zero-order valence-corrected chi connectivity index (χ0v) is 10.2. The minimum Gasteiger partial charge on any atom is -0.287 e. The van der Waals surface area contributed by atoms with Gasteiger partial charge >= 0.3 is 6.18 Å². The number of nitrogens with zero attached hydrogens (tertiary/aromatic N) is 1. The van der Waals surface area contributed by atoms with Crippen molar-refractivity contribution >= 4 is 0 Å². The Labute approximate surface area is 100 Å². The fraction of sp³-hybridized carbons (Fsp3) is 0.538. The number of allylic oxidation sites excluding steroid dienone is 3. The lowest BCUT2D eigenvalue weighted by Gasteiger charge is -2.43. The van der Waals surface area contributed by atoms with Crippen molar-refractivity contribution in [2.75, 3.05) is 13.1 Å². The molecule has 1 rings (SSSR count). The molecule has 1 nitrogen and oxygen atoms in total. The highest BCUT2D eigenvalue weighted by Crippen LogP contribution is 2.43. The van der Waals surface area contributed by atoms with Crippen LogP contribution >= 0.6 is 0 Å². The summed E-state index contributed by atoms with van der Waals surface area (Å²) in [6.45, 7) is 7.78. The van der Waals surface area contributed by atoms with Crippen LogP contribution in [0.3, 0.4) is 0 Å². The average Bonchev–Trinajstić information content (AvgIpc) is 2.29. The molecule has 0 radical (unpaired) electrons. The summed E-state index contributed by atoms with van der Waals surface area (Å²) in [5, 5.41) is 0. The van der Waals surface area contributed by atoms with E-state index in [1.165, 1.54) is 23.1 Å². The Balaban J connectivity index is 3.18. The van der Waals surface area contributed by atoms with E-state index in [9.17, 15) is 13.2 Å². The molecular weight excluding hydrogens is 227 g/mol. The lowest BCUT2D eigenvalue weighted by Crippen LogP contribution is -2.58. The number of hydrogen-bond donors (Lipinski definition) is 0. The first-order valence-electron chi connectivity index (χ1n) is 5.74. The number of halogens is 3. The van der Waals surface area contributed by atoms with Crippen LogP contribution in [-0.4, -0.2) is 29.7 Å². The van der Waals surface area contributed by atoms with Gasteiger partial charge in [0.1, 0.15) is 5.54 Å². The Morgan fingerprint density at radius 2 is 2.00 bits per heavy atom. The van der Waals surface area contributed by atoms with Gasteiger partial charge < -0.3 is 0 Å². The van der Waals surface area contributed by atoms with Gasteiger partial charge in [0.2, 0.25) is 0 Å². The van der Waals surface area contributed by atoms with Gasteiger partial charge in [-0.05, 0) is 18.7 Å². The first kappa shape index (κ1) is 14.0. The molecule has 1 aliphatic carbocycles. The number of hydrogen-bond acceptors (Lipinski definition) is 1. The lowest BCUT2D eigenvalue weighted by molar-refractivity contribution is -0.214. The summed E-state index contributed by atoms with van der Waals surface area (Å²) in [6.07, 6.45) is 1.57. The molecule has 0 N–H and O–H groups in total. The van der Waals surface area contributed by atoms with Crippen LogP contribution in [0, 0.1) is 0 Å². The predicted octanol–water partition coefficient (Wildman–Crippen LogP) is 3.70. The smallest absolute Gasteiger partial charge is 0.287 e. The van der Waals surface area contributed by atoms with Gasteiger partial charge in [-0.15, -0.1) is 0 Å². The summed E-state index contributed by atoms with van der Waals surface area (Å²) < 4.78 is 40.1. The van der Waals surface area contributed by atoms with Crippen molar-refractivity contribution in [1.29, 1.82) is 0 Å². The standard InChI is InChI=1S/C13H18F3N/c1-4-11-8-7-9-12(10-11,13(14,15)16)17(5-2)6-3/h4,7-9H,1,5-6,10H2,2-3H3. The minimum atomic E-state index is -4.28. The number of likely N-dealkylation sites (N-methyl/N-ethyl adjacent to an activating group) is 1. The second-order valence-electron chi connectivity index (χ2n) is 4.08. The molecule has 0 saturated heterocycles. The third kappa shape index (κ3) is 2.46. The van der Waals surface area contributed by atoms with Crippen molar-refractivity contribution in [2.45, 2.75) is 32.0 Å². The zero-order chi connectivity index (χ0) is 13.1. The minimum absolute atomic E-state index is 0.0574. The van der Waals surface area contributed by atoms with Crippen LogP contribution in [0.4, 0.5) is 13.2 Å². The van der Waals surface area contributed by atoms with E-state index < -0.39 is 11.7 Å². The highest BCUT2D eigenvalue weighted by atomic mass is 19.4. The van der Waals surface area contributed by atoms with Gasteiger partial charge in [0.25, 0.3) is 0 Å². The van der Waals surface area contributed by atoms with Crippen LogP contribution < -0.4 is 0 Å². The Morgan fingerprint density at radius 3 is 2.41 bits per heavy atom. The maximum atomic E-state index is 13.4. The summed E-state index contributed by atoms with van der Waals surface area (Å²) >= 11 is 0. The monoisotopic (exact) mass is 245 g/mol. The molecule has 0 bridgehead atoms. The van der Waals surface area contributed by atoms with Crippen molar-refractivity contribution in [3.63, 3.8) is 0 Å². The average molecular weight is 245 g/mol. The van der Waals surface area contributed by atoms with Crippen LogP contribution in [0.5, 0.6) is 0 Å². The van der Waals surface area contributed by atoms with Gasteiger partial charge in [-0.1, -0.05) is 44.7 Å². The first-order valence-corrected chi connectivity index (χ1v) is 5.74. The molecule has 0 aromatic carbocycles. The molecule has 0 saturated carbocycles. The Morgan fingerprint density at radius 1 is 1.41 bits per heavy atom. The summed E-state index contributed by atoms with van der Waals surface area (Å²) in [6, 6.07) is 0. The number of alkyl halides is 3. The Kier molecular flexibility index (Phi) is 4.20. The van der Waals surface area contributed by atoms with E-state index in [1.54, 1.807) is 19.9 Å². The molecule has 96 valence electrons. The fourth-order valence-corrected chi connectivity index (χ4v) is 2.28. The van der Waals surface area contributed by atoms with Crippen molar-refractivity contribution in [3.05, 3.63) is 36.5 Å². The first-order chi connectivity index (χ1) is 7.91. The topological polar surface area (TPSA) is 3.24 Å². The molecule has 0 heterocycles. The van der Waals surface area contributed by atoms with E-state index in [4.69, 9.17) is 0 Å². The third-order valence-electron chi connectivity index (χ3n) is 3.24. The highest BCUT2D eigenvalue weighted by molar-refractivity contribution is 5.34. The molecule has 0 spiro atoms. The van der Waals surface area contributed by atoms with Crippen LogP contribution in [0.1, 0.15) is 20.3 Å². The summed E-state index contributed by atoms with van der Waals surface area (Å²) in [5.74, 6) is 0. The van der Waals surface area contributed by atoms with Gasteiger partial charge in [-0.25, -0.2) is 0 Å².